The van der Waals surface area contributed by atoms with Gasteiger partial charge >= 0.3 is 0 Å². The molecule has 128 valence electrons. The van der Waals surface area contributed by atoms with E-state index in [1.807, 2.05) is 12.1 Å². The monoisotopic (exact) mass is 339 g/mol. The minimum atomic E-state index is -0.332. The molecule has 0 bridgehead atoms. The Hall–Kier alpha value is -3.00. The molecule has 2 unspecified atom stereocenters. The Labute approximate surface area is 146 Å². The number of ether oxygens (including phenoxy) is 2. The van der Waals surface area contributed by atoms with Crippen molar-refractivity contribution in [1.82, 2.24) is 0 Å². The molecule has 25 heavy (non-hydrogen) atoms. The molecule has 3 rings (SSSR count). The number of terminal acetylenes is 1. The van der Waals surface area contributed by atoms with Crippen LogP contribution in [0.4, 0.5) is 10.1 Å². The molecule has 1 N–H and O–H groups in total. The van der Waals surface area contributed by atoms with Crippen LogP contribution in [0.5, 0.6) is 11.5 Å². The fourth-order valence-electron chi connectivity index (χ4n) is 2.77. The second-order valence-electron chi connectivity index (χ2n) is 5.85. The number of nitrogens with one attached hydrogen (secondary N) is 1. The smallest absolute Gasteiger partial charge is 0.228 e. The molecule has 0 spiro atoms. The van der Waals surface area contributed by atoms with Crippen LogP contribution in [-0.4, -0.2) is 19.6 Å². The van der Waals surface area contributed by atoms with Crippen LogP contribution in [0.1, 0.15) is 17.9 Å². The minimum Gasteiger partial charge on any atom is -0.493 e. The van der Waals surface area contributed by atoms with E-state index < -0.39 is 0 Å². The minimum absolute atomic E-state index is 0.0665. The van der Waals surface area contributed by atoms with E-state index >= 15 is 0 Å². The molecule has 1 aliphatic carbocycles. The predicted molar refractivity (Wildman–Crippen MR) is 93.2 cm³/mol. The molecule has 2 aromatic rings. The Morgan fingerprint density at radius 3 is 2.72 bits per heavy atom. The molecule has 0 radical (unpaired) electrons. The molecule has 0 aromatic heterocycles. The molecule has 1 amide bonds. The summed E-state index contributed by atoms with van der Waals surface area (Å²) < 4.78 is 23.7. The summed E-state index contributed by atoms with van der Waals surface area (Å²) in [5, 5.41) is 2.82. The molecule has 0 heterocycles. The molecule has 5 heteroatoms. The number of hydrogen-bond acceptors (Lipinski definition) is 3. The van der Waals surface area contributed by atoms with Crippen LogP contribution in [0.15, 0.2) is 42.5 Å². The topological polar surface area (TPSA) is 47.6 Å². The zero-order valence-electron chi connectivity index (χ0n) is 13.8. The van der Waals surface area contributed by atoms with E-state index in [0.717, 1.165) is 12.0 Å². The number of carbonyl (C=O) groups excluding carboxylic acids is 1. The van der Waals surface area contributed by atoms with E-state index in [0.29, 0.717) is 17.2 Å². The zero-order chi connectivity index (χ0) is 17.8. The van der Waals surface area contributed by atoms with Gasteiger partial charge in [0.05, 0.1) is 7.11 Å². The second-order valence-corrected chi connectivity index (χ2v) is 5.85. The average Bonchev–Trinajstić information content (AvgIpc) is 3.42. The number of hydrogen-bond donors (Lipinski definition) is 1. The van der Waals surface area contributed by atoms with Gasteiger partial charge in [-0.15, -0.1) is 6.42 Å². The summed E-state index contributed by atoms with van der Waals surface area (Å²) in [7, 11) is 1.56. The Kier molecular flexibility index (Phi) is 4.90. The van der Waals surface area contributed by atoms with Crippen molar-refractivity contribution in [3.05, 3.63) is 53.8 Å². The first-order valence-electron chi connectivity index (χ1n) is 7.93. The number of benzene rings is 2. The maximum absolute atomic E-state index is 12.9. The summed E-state index contributed by atoms with van der Waals surface area (Å²) in [5.41, 5.74) is 1.61. The van der Waals surface area contributed by atoms with Crippen LogP contribution in [0.3, 0.4) is 0 Å². The van der Waals surface area contributed by atoms with E-state index in [1.165, 1.54) is 12.1 Å². The summed E-state index contributed by atoms with van der Waals surface area (Å²) in [4.78, 5) is 12.3. The summed E-state index contributed by atoms with van der Waals surface area (Å²) in [6.07, 6.45) is 5.96. The molecule has 2 atom stereocenters. The lowest BCUT2D eigenvalue weighted by atomic mass is 10.1. The molecule has 4 nitrogen and oxygen atoms in total. The van der Waals surface area contributed by atoms with Crippen molar-refractivity contribution >= 4 is 11.6 Å². The van der Waals surface area contributed by atoms with Gasteiger partial charge in [0.1, 0.15) is 12.4 Å². The van der Waals surface area contributed by atoms with Crippen LogP contribution >= 0.6 is 0 Å². The fourth-order valence-corrected chi connectivity index (χ4v) is 2.77. The van der Waals surface area contributed by atoms with Crippen molar-refractivity contribution < 1.29 is 18.7 Å². The maximum atomic E-state index is 12.9. The molecule has 2 aromatic carbocycles. The third-order valence-corrected chi connectivity index (χ3v) is 4.17. The third kappa shape index (κ3) is 3.92. The standard InChI is InChI=1S/C20H18FNO3/c1-3-10-25-18-9-4-13(11-19(18)24-2)16-12-17(16)20(23)22-15-7-5-14(21)6-8-15/h1,4-9,11,16-17H,10,12H2,2H3,(H,22,23). The fraction of sp³-hybridized carbons (Fsp3) is 0.250. The highest BCUT2D eigenvalue weighted by Crippen LogP contribution is 2.49. The van der Waals surface area contributed by atoms with Crippen LogP contribution in [0.25, 0.3) is 0 Å². The SMILES string of the molecule is C#CCOc1ccc(C2CC2C(=O)Nc2ccc(F)cc2)cc1OC. The number of methoxy groups -OCH3 is 1. The highest BCUT2D eigenvalue weighted by molar-refractivity contribution is 5.95. The van der Waals surface area contributed by atoms with E-state index in [1.54, 1.807) is 25.3 Å². The lowest BCUT2D eigenvalue weighted by Crippen LogP contribution is -2.14. The van der Waals surface area contributed by atoms with Crippen molar-refractivity contribution in [1.29, 1.82) is 0 Å². The van der Waals surface area contributed by atoms with Gasteiger partial charge in [-0.3, -0.25) is 4.79 Å². The molecule has 0 saturated heterocycles. The number of halogens is 1. The van der Waals surface area contributed by atoms with Gasteiger partial charge in [-0.25, -0.2) is 4.39 Å². The highest BCUT2D eigenvalue weighted by Gasteiger charge is 2.44. The third-order valence-electron chi connectivity index (χ3n) is 4.17. The maximum Gasteiger partial charge on any atom is 0.228 e. The first-order valence-corrected chi connectivity index (χ1v) is 7.93. The first-order chi connectivity index (χ1) is 12.1. The summed E-state index contributed by atoms with van der Waals surface area (Å²) >= 11 is 0. The van der Waals surface area contributed by atoms with Gasteiger partial charge in [0.15, 0.2) is 11.5 Å². The van der Waals surface area contributed by atoms with E-state index in [2.05, 4.69) is 11.2 Å². The highest BCUT2D eigenvalue weighted by atomic mass is 19.1. The van der Waals surface area contributed by atoms with Gasteiger partial charge in [-0.05, 0) is 54.3 Å². The van der Waals surface area contributed by atoms with Gasteiger partial charge < -0.3 is 14.8 Å². The Morgan fingerprint density at radius 2 is 2.04 bits per heavy atom. The quantitative estimate of drug-likeness (QED) is 0.818. The summed E-state index contributed by atoms with van der Waals surface area (Å²) in [5.74, 6) is 3.22. The van der Waals surface area contributed by atoms with Gasteiger partial charge in [-0.2, -0.15) is 0 Å². The average molecular weight is 339 g/mol. The first kappa shape index (κ1) is 16.8. The van der Waals surface area contributed by atoms with Crippen LogP contribution in [-0.2, 0) is 4.79 Å². The second kappa shape index (κ2) is 7.27. The van der Waals surface area contributed by atoms with Gasteiger partial charge in [0, 0.05) is 11.6 Å². The van der Waals surface area contributed by atoms with E-state index in [9.17, 15) is 9.18 Å². The molecule has 1 saturated carbocycles. The molecule has 0 aliphatic heterocycles. The van der Waals surface area contributed by atoms with Gasteiger partial charge in [0.2, 0.25) is 5.91 Å². The van der Waals surface area contributed by atoms with Crippen molar-refractivity contribution in [3.8, 4) is 23.8 Å². The van der Waals surface area contributed by atoms with Crippen molar-refractivity contribution in [3.63, 3.8) is 0 Å². The van der Waals surface area contributed by atoms with Crippen LogP contribution in [0.2, 0.25) is 0 Å². The lowest BCUT2D eigenvalue weighted by molar-refractivity contribution is -0.117. The van der Waals surface area contributed by atoms with Crippen LogP contribution in [0, 0.1) is 24.1 Å². The Bertz CT molecular complexity index is 811. The molecular formula is C20H18FNO3. The van der Waals surface area contributed by atoms with Gasteiger partial charge in [0.25, 0.3) is 0 Å². The zero-order valence-corrected chi connectivity index (χ0v) is 13.8. The number of carbonyl (C=O) groups is 1. The predicted octanol–water partition coefficient (Wildman–Crippen LogP) is 3.59. The van der Waals surface area contributed by atoms with E-state index in [-0.39, 0.29) is 30.2 Å². The lowest BCUT2D eigenvalue weighted by Gasteiger charge is -2.11. The molecular weight excluding hydrogens is 321 g/mol. The van der Waals surface area contributed by atoms with Crippen LogP contribution < -0.4 is 14.8 Å². The largest absolute Gasteiger partial charge is 0.493 e. The van der Waals surface area contributed by atoms with Crippen molar-refractivity contribution in [2.75, 3.05) is 19.0 Å². The number of rotatable bonds is 6. The number of amides is 1. The summed E-state index contributed by atoms with van der Waals surface area (Å²) in [6, 6.07) is 11.3. The van der Waals surface area contributed by atoms with Gasteiger partial charge in [-0.1, -0.05) is 12.0 Å². The normalized spacial score (nSPS) is 18.1. The Morgan fingerprint density at radius 1 is 1.28 bits per heavy atom. The number of anilines is 1. The van der Waals surface area contributed by atoms with E-state index in [4.69, 9.17) is 15.9 Å². The Balaban J connectivity index is 1.65. The molecule has 1 aliphatic rings. The van der Waals surface area contributed by atoms with Crippen molar-refractivity contribution in [2.24, 2.45) is 5.92 Å². The van der Waals surface area contributed by atoms with Crippen molar-refractivity contribution in [2.45, 2.75) is 12.3 Å². The molecule has 1 fully saturated rings. The summed E-state index contributed by atoms with van der Waals surface area (Å²) in [6.45, 7) is 0.168.